The van der Waals surface area contributed by atoms with E-state index in [0.717, 1.165) is 16.7 Å². The summed E-state index contributed by atoms with van der Waals surface area (Å²) >= 11 is 0. The van der Waals surface area contributed by atoms with E-state index in [4.69, 9.17) is 0 Å². The van der Waals surface area contributed by atoms with Crippen LogP contribution < -0.4 is 0 Å². The molecule has 1 aromatic rings. The highest BCUT2D eigenvalue weighted by molar-refractivity contribution is 7.97. The molecule has 1 heterocycles. The molecule has 0 saturated carbocycles. The number of rotatable bonds is 2. The van der Waals surface area contributed by atoms with E-state index in [0.29, 0.717) is 11.1 Å². The van der Waals surface area contributed by atoms with Crippen molar-refractivity contribution >= 4 is 15.6 Å². The van der Waals surface area contributed by atoms with Crippen LogP contribution in [0.5, 0.6) is 0 Å². The van der Waals surface area contributed by atoms with Gasteiger partial charge in [0, 0.05) is 5.56 Å². The molecule has 1 aromatic carbocycles. The minimum atomic E-state index is -3.74. The predicted molar refractivity (Wildman–Crippen MR) is 84.3 cm³/mol. The van der Waals surface area contributed by atoms with E-state index in [9.17, 15) is 13.2 Å². The maximum Gasteiger partial charge on any atom is 0.211 e. The molecule has 2 rings (SSSR count). The van der Waals surface area contributed by atoms with Gasteiger partial charge in [0.2, 0.25) is 15.6 Å². The molecule has 0 aliphatic carbocycles. The summed E-state index contributed by atoms with van der Waals surface area (Å²) in [7, 11) is -3.74. The first-order valence-corrected chi connectivity index (χ1v) is 8.13. The van der Waals surface area contributed by atoms with E-state index in [1.165, 1.54) is 18.2 Å². The van der Waals surface area contributed by atoms with E-state index in [1.54, 1.807) is 19.9 Å². The van der Waals surface area contributed by atoms with E-state index >= 15 is 0 Å². The Hall–Kier alpha value is -1.94. The van der Waals surface area contributed by atoms with Crippen LogP contribution in [0.15, 0.2) is 40.7 Å². The zero-order valence-corrected chi connectivity index (χ0v) is 13.5. The molecule has 0 N–H and O–H groups in total. The topological polar surface area (TPSA) is 51.2 Å². The van der Waals surface area contributed by atoms with Gasteiger partial charge in [-0.05, 0) is 56.0 Å². The molecule has 0 bridgehead atoms. The molecule has 1 aliphatic rings. The number of hydrogen-bond donors (Lipinski definition) is 0. The second-order valence-corrected chi connectivity index (χ2v) is 7.04. The molecule has 1 aliphatic heterocycles. The standard InChI is InChI=1S/C17H18O3S/c1-6-7-8-9-14-16(18)15-12(4)10(2)11(3)13(5)17(15)21(14,19)20/h6-9H,1H2,2-5H3. The molecule has 0 fully saturated rings. The van der Waals surface area contributed by atoms with Crippen molar-refractivity contribution in [2.75, 3.05) is 0 Å². The Bertz CT molecular complexity index is 822. The molecule has 0 saturated heterocycles. The fraction of sp³-hybridized carbons (Fsp3) is 0.235. The third-order valence-corrected chi connectivity index (χ3v) is 6.08. The SMILES string of the molecule is C=CC=CC=C1C(=O)c2c(C)c(C)c(C)c(C)c2S1(=O)=O. The van der Waals surface area contributed by atoms with Gasteiger partial charge in [0.05, 0.1) is 4.90 Å². The highest BCUT2D eigenvalue weighted by Crippen LogP contribution is 2.40. The minimum Gasteiger partial charge on any atom is -0.288 e. The van der Waals surface area contributed by atoms with Crippen LogP contribution in [-0.2, 0) is 9.84 Å². The Morgan fingerprint density at radius 3 is 2.05 bits per heavy atom. The summed E-state index contributed by atoms with van der Waals surface area (Å²) in [6.45, 7) is 10.9. The molecule has 3 nitrogen and oxygen atoms in total. The van der Waals surface area contributed by atoms with Crippen molar-refractivity contribution in [3.05, 3.63) is 63.6 Å². The molecule has 0 unspecified atom stereocenters. The predicted octanol–water partition coefficient (Wildman–Crippen LogP) is 3.52. The van der Waals surface area contributed by atoms with Crippen LogP contribution in [0.25, 0.3) is 0 Å². The lowest BCUT2D eigenvalue weighted by atomic mass is 9.92. The lowest BCUT2D eigenvalue weighted by Crippen LogP contribution is -2.04. The molecule has 4 heteroatoms. The molecule has 0 amide bonds. The Morgan fingerprint density at radius 2 is 1.48 bits per heavy atom. The lowest BCUT2D eigenvalue weighted by Gasteiger charge is -2.13. The van der Waals surface area contributed by atoms with Crippen LogP contribution in [0.4, 0.5) is 0 Å². The highest BCUT2D eigenvalue weighted by Gasteiger charge is 2.42. The second kappa shape index (κ2) is 5.11. The van der Waals surface area contributed by atoms with Crippen LogP contribution in [0.3, 0.4) is 0 Å². The summed E-state index contributed by atoms with van der Waals surface area (Å²) in [6, 6.07) is 0. The molecule has 0 radical (unpaired) electrons. The molecular formula is C17H18O3S. The fourth-order valence-corrected chi connectivity index (χ4v) is 4.52. The van der Waals surface area contributed by atoms with Crippen molar-refractivity contribution < 1.29 is 13.2 Å². The lowest BCUT2D eigenvalue weighted by molar-refractivity contribution is 0.104. The normalized spacial score (nSPS) is 18.5. The molecule has 0 aromatic heterocycles. The number of fused-ring (bicyclic) bond motifs is 1. The van der Waals surface area contributed by atoms with E-state index in [-0.39, 0.29) is 9.80 Å². The Balaban J connectivity index is 2.88. The average molecular weight is 302 g/mol. The summed E-state index contributed by atoms with van der Waals surface area (Å²) in [6.07, 6.45) is 5.99. The van der Waals surface area contributed by atoms with Gasteiger partial charge in [0.25, 0.3) is 0 Å². The van der Waals surface area contributed by atoms with Gasteiger partial charge in [-0.25, -0.2) is 8.42 Å². The molecular weight excluding hydrogens is 284 g/mol. The fourth-order valence-electron chi connectivity index (χ4n) is 2.63. The van der Waals surface area contributed by atoms with Gasteiger partial charge in [-0.1, -0.05) is 24.8 Å². The number of hydrogen-bond acceptors (Lipinski definition) is 3. The van der Waals surface area contributed by atoms with Gasteiger partial charge in [-0.3, -0.25) is 4.79 Å². The molecule has 0 atom stereocenters. The number of carbonyl (C=O) groups is 1. The first-order valence-electron chi connectivity index (χ1n) is 6.64. The summed E-state index contributed by atoms with van der Waals surface area (Å²) in [5.74, 6) is -0.414. The summed E-state index contributed by atoms with van der Waals surface area (Å²) in [5.41, 5.74) is 3.63. The van der Waals surface area contributed by atoms with E-state index < -0.39 is 15.6 Å². The zero-order valence-electron chi connectivity index (χ0n) is 12.6. The first kappa shape index (κ1) is 15.4. The van der Waals surface area contributed by atoms with E-state index in [1.807, 2.05) is 13.8 Å². The van der Waals surface area contributed by atoms with Gasteiger partial charge in [-0.2, -0.15) is 0 Å². The van der Waals surface area contributed by atoms with Gasteiger partial charge in [-0.15, -0.1) is 0 Å². The van der Waals surface area contributed by atoms with Gasteiger partial charge in [0.15, 0.2) is 0 Å². The second-order valence-electron chi connectivity index (χ2n) is 5.19. The summed E-state index contributed by atoms with van der Waals surface area (Å²) < 4.78 is 25.4. The number of allylic oxidation sites excluding steroid dienone is 5. The minimum absolute atomic E-state index is 0.160. The Labute approximate surface area is 125 Å². The van der Waals surface area contributed by atoms with Crippen molar-refractivity contribution in [1.29, 1.82) is 0 Å². The van der Waals surface area contributed by atoms with E-state index in [2.05, 4.69) is 6.58 Å². The van der Waals surface area contributed by atoms with Crippen molar-refractivity contribution in [3.63, 3.8) is 0 Å². The molecule has 0 spiro atoms. The largest absolute Gasteiger partial charge is 0.288 e. The summed E-state index contributed by atoms with van der Waals surface area (Å²) in [5, 5.41) is 0. The Kier molecular flexibility index (Phi) is 3.76. The highest BCUT2D eigenvalue weighted by atomic mass is 32.2. The number of benzene rings is 1. The van der Waals surface area contributed by atoms with Gasteiger partial charge >= 0.3 is 0 Å². The number of sulfone groups is 1. The monoisotopic (exact) mass is 302 g/mol. The van der Waals surface area contributed by atoms with Crippen molar-refractivity contribution in [3.8, 4) is 0 Å². The third kappa shape index (κ3) is 2.10. The van der Waals surface area contributed by atoms with Crippen molar-refractivity contribution in [2.24, 2.45) is 0 Å². The van der Waals surface area contributed by atoms with Gasteiger partial charge < -0.3 is 0 Å². The van der Waals surface area contributed by atoms with Crippen LogP contribution in [0, 0.1) is 27.7 Å². The number of ketones is 1. The maximum atomic E-state index is 12.7. The van der Waals surface area contributed by atoms with Gasteiger partial charge in [0.1, 0.15) is 4.91 Å². The Morgan fingerprint density at radius 1 is 0.905 bits per heavy atom. The molecule has 21 heavy (non-hydrogen) atoms. The quantitative estimate of drug-likeness (QED) is 0.620. The summed E-state index contributed by atoms with van der Waals surface area (Å²) in [4.78, 5) is 12.5. The van der Waals surface area contributed by atoms with Crippen molar-refractivity contribution in [1.82, 2.24) is 0 Å². The van der Waals surface area contributed by atoms with Crippen LogP contribution in [0.2, 0.25) is 0 Å². The maximum absolute atomic E-state index is 12.7. The smallest absolute Gasteiger partial charge is 0.211 e. The molecule has 110 valence electrons. The number of Topliss-reactive ketones (excluding diaryl/α,β-unsaturated/α-hetero) is 1. The first-order chi connectivity index (χ1) is 9.75. The number of carbonyl (C=O) groups excluding carboxylic acids is 1. The van der Waals surface area contributed by atoms with Crippen LogP contribution >= 0.6 is 0 Å². The average Bonchev–Trinajstić information content (AvgIpc) is 2.62. The van der Waals surface area contributed by atoms with Crippen molar-refractivity contribution in [2.45, 2.75) is 32.6 Å². The third-order valence-electron chi connectivity index (χ3n) is 4.13. The zero-order chi connectivity index (χ0) is 15.9. The van der Waals surface area contributed by atoms with Crippen LogP contribution in [-0.4, -0.2) is 14.2 Å². The van der Waals surface area contributed by atoms with Crippen LogP contribution in [0.1, 0.15) is 32.6 Å².